The van der Waals surface area contributed by atoms with E-state index in [0.717, 1.165) is 12.1 Å². The van der Waals surface area contributed by atoms with Gasteiger partial charge in [-0.3, -0.25) is 0 Å². The zero-order chi connectivity index (χ0) is 14.9. The predicted molar refractivity (Wildman–Crippen MR) is 56.3 cm³/mol. The maximum Gasteiger partial charge on any atom is 0.430 e. The summed E-state index contributed by atoms with van der Waals surface area (Å²) in [6, 6.07) is 3.39. The Morgan fingerprint density at radius 2 is 1.37 bits per heavy atom. The minimum atomic E-state index is -5.86. The molecule has 0 aromatic heterocycles. The van der Waals surface area contributed by atoms with Crippen LogP contribution in [0.3, 0.4) is 0 Å². The van der Waals surface area contributed by atoms with Gasteiger partial charge in [-0.05, 0) is 12.0 Å². The number of benzene rings is 1. The van der Waals surface area contributed by atoms with Crippen LogP contribution in [-0.4, -0.2) is 17.5 Å². The van der Waals surface area contributed by atoms with Crippen molar-refractivity contribution in [3.8, 4) is 0 Å². The first-order valence-electron chi connectivity index (χ1n) is 5.10. The SMILES string of the molecule is C=CCc1ccc(C(O)(C(F)(F)F)C(F)(F)F)cc1. The molecule has 0 spiro atoms. The Morgan fingerprint density at radius 1 is 0.947 bits per heavy atom. The third-order valence-electron chi connectivity index (χ3n) is 2.57. The van der Waals surface area contributed by atoms with Crippen LogP contribution in [0.5, 0.6) is 0 Å². The second-order valence-corrected chi connectivity index (χ2v) is 3.90. The van der Waals surface area contributed by atoms with Crippen LogP contribution in [0.4, 0.5) is 26.3 Å². The topological polar surface area (TPSA) is 20.2 Å². The fourth-order valence-electron chi connectivity index (χ4n) is 1.54. The standard InChI is InChI=1S/C12H10F6O/c1-2-3-8-4-6-9(7-5-8)10(19,11(13,14)15)12(16,17)18/h2,4-7,19H,1,3H2. The van der Waals surface area contributed by atoms with Crippen molar-refractivity contribution in [2.24, 2.45) is 0 Å². The van der Waals surface area contributed by atoms with Crippen molar-refractivity contribution in [2.75, 3.05) is 0 Å². The van der Waals surface area contributed by atoms with E-state index >= 15 is 0 Å². The number of alkyl halides is 6. The van der Waals surface area contributed by atoms with Gasteiger partial charge in [0.15, 0.2) is 0 Å². The summed E-state index contributed by atoms with van der Waals surface area (Å²) >= 11 is 0. The Balaban J connectivity index is 3.31. The Kier molecular flexibility index (Phi) is 4.00. The van der Waals surface area contributed by atoms with Crippen molar-refractivity contribution in [1.29, 1.82) is 0 Å². The summed E-state index contributed by atoms with van der Waals surface area (Å²) in [5.74, 6) is 0. The van der Waals surface area contributed by atoms with Gasteiger partial charge in [0.2, 0.25) is 0 Å². The van der Waals surface area contributed by atoms with Crippen LogP contribution in [0, 0.1) is 0 Å². The summed E-state index contributed by atoms with van der Waals surface area (Å²) in [7, 11) is 0. The van der Waals surface area contributed by atoms with Crippen LogP contribution in [0.25, 0.3) is 0 Å². The zero-order valence-corrected chi connectivity index (χ0v) is 9.52. The maximum atomic E-state index is 12.5. The second kappa shape index (κ2) is 4.88. The lowest BCUT2D eigenvalue weighted by molar-refractivity contribution is -0.376. The van der Waals surface area contributed by atoms with Gasteiger partial charge in [0.25, 0.3) is 5.60 Å². The quantitative estimate of drug-likeness (QED) is 0.662. The molecule has 0 bridgehead atoms. The van der Waals surface area contributed by atoms with E-state index in [1.165, 1.54) is 6.08 Å². The molecule has 0 aliphatic carbocycles. The lowest BCUT2D eigenvalue weighted by Gasteiger charge is -2.32. The van der Waals surface area contributed by atoms with Gasteiger partial charge >= 0.3 is 12.4 Å². The van der Waals surface area contributed by atoms with Crippen molar-refractivity contribution >= 4 is 0 Å². The van der Waals surface area contributed by atoms with Gasteiger partial charge in [0.05, 0.1) is 0 Å². The molecule has 0 atom stereocenters. The average Bonchev–Trinajstić information content (AvgIpc) is 2.26. The molecule has 0 heterocycles. The molecule has 0 saturated heterocycles. The zero-order valence-electron chi connectivity index (χ0n) is 9.52. The monoisotopic (exact) mass is 284 g/mol. The molecular formula is C12H10F6O. The molecule has 0 aliphatic rings. The molecule has 1 rings (SSSR count). The van der Waals surface area contributed by atoms with Crippen molar-refractivity contribution in [3.05, 3.63) is 48.0 Å². The highest BCUT2D eigenvalue weighted by atomic mass is 19.4. The second-order valence-electron chi connectivity index (χ2n) is 3.90. The van der Waals surface area contributed by atoms with Gasteiger partial charge < -0.3 is 5.11 Å². The highest BCUT2D eigenvalue weighted by Gasteiger charge is 2.71. The molecule has 19 heavy (non-hydrogen) atoms. The van der Waals surface area contributed by atoms with E-state index in [1.807, 2.05) is 0 Å². The largest absolute Gasteiger partial charge is 0.430 e. The van der Waals surface area contributed by atoms with E-state index in [4.69, 9.17) is 5.11 Å². The van der Waals surface area contributed by atoms with Gasteiger partial charge in [-0.2, -0.15) is 26.3 Å². The molecule has 1 aromatic rings. The van der Waals surface area contributed by atoms with Crippen LogP contribution in [0.15, 0.2) is 36.9 Å². The van der Waals surface area contributed by atoms with Crippen LogP contribution in [0.1, 0.15) is 11.1 Å². The first-order valence-corrected chi connectivity index (χ1v) is 5.10. The van der Waals surface area contributed by atoms with Crippen molar-refractivity contribution in [2.45, 2.75) is 24.4 Å². The number of hydrogen-bond acceptors (Lipinski definition) is 1. The summed E-state index contributed by atoms with van der Waals surface area (Å²) in [6.45, 7) is 3.40. The third kappa shape index (κ3) is 2.75. The third-order valence-corrected chi connectivity index (χ3v) is 2.57. The van der Waals surface area contributed by atoms with Crippen LogP contribution >= 0.6 is 0 Å². The van der Waals surface area contributed by atoms with Crippen molar-refractivity contribution < 1.29 is 31.4 Å². The molecule has 1 aromatic carbocycles. The summed E-state index contributed by atoms with van der Waals surface area (Å²) in [5.41, 5.74) is -5.64. The minimum Gasteiger partial charge on any atom is -0.369 e. The van der Waals surface area contributed by atoms with Gasteiger partial charge in [-0.1, -0.05) is 30.3 Å². The summed E-state index contributed by atoms with van der Waals surface area (Å²) in [6.07, 6.45) is -9.96. The van der Waals surface area contributed by atoms with E-state index in [2.05, 4.69) is 6.58 Å². The Morgan fingerprint density at radius 3 is 1.68 bits per heavy atom. The smallest absolute Gasteiger partial charge is 0.369 e. The predicted octanol–water partition coefficient (Wildman–Crippen LogP) is 3.73. The van der Waals surface area contributed by atoms with E-state index in [1.54, 1.807) is 0 Å². The molecule has 1 nitrogen and oxygen atoms in total. The number of allylic oxidation sites excluding steroid dienone is 1. The number of rotatable bonds is 3. The Hall–Kier alpha value is -1.50. The van der Waals surface area contributed by atoms with Crippen LogP contribution in [0.2, 0.25) is 0 Å². The molecule has 0 fully saturated rings. The lowest BCUT2D eigenvalue weighted by Crippen LogP contribution is -2.53. The van der Waals surface area contributed by atoms with Crippen molar-refractivity contribution in [1.82, 2.24) is 0 Å². The van der Waals surface area contributed by atoms with Gasteiger partial charge in [-0.25, -0.2) is 0 Å². The first kappa shape index (κ1) is 15.6. The van der Waals surface area contributed by atoms with E-state index in [-0.39, 0.29) is 0 Å². The molecule has 0 saturated carbocycles. The van der Waals surface area contributed by atoms with Gasteiger partial charge in [-0.15, -0.1) is 6.58 Å². The fourth-order valence-corrected chi connectivity index (χ4v) is 1.54. The van der Waals surface area contributed by atoms with E-state index < -0.39 is 23.5 Å². The van der Waals surface area contributed by atoms with E-state index in [0.29, 0.717) is 24.1 Å². The average molecular weight is 284 g/mol. The molecular weight excluding hydrogens is 274 g/mol. The fraction of sp³-hybridized carbons (Fsp3) is 0.333. The molecule has 0 aliphatic heterocycles. The lowest BCUT2D eigenvalue weighted by atomic mass is 9.91. The summed E-state index contributed by atoms with van der Waals surface area (Å²) in [4.78, 5) is 0. The minimum absolute atomic E-state index is 0.302. The maximum absolute atomic E-state index is 12.5. The number of hydrogen-bond donors (Lipinski definition) is 1. The molecule has 1 N–H and O–H groups in total. The molecule has 0 radical (unpaired) electrons. The first-order chi connectivity index (χ1) is 8.54. The van der Waals surface area contributed by atoms with Gasteiger partial charge in [0.1, 0.15) is 0 Å². The number of aliphatic hydroxyl groups is 1. The Labute approximate surface area is 105 Å². The Bertz CT molecular complexity index is 429. The summed E-state index contributed by atoms with van der Waals surface area (Å²) in [5, 5.41) is 9.11. The molecule has 0 amide bonds. The highest BCUT2D eigenvalue weighted by Crippen LogP contribution is 2.49. The number of halogens is 6. The van der Waals surface area contributed by atoms with Gasteiger partial charge in [0, 0.05) is 5.56 Å². The normalized spacial score (nSPS) is 13.4. The molecule has 7 heteroatoms. The van der Waals surface area contributed by atoms with Crippen LogP contribution < -0.4 is 0 Å². The highest BCUT2D eigenvalue weighted by molar-refractivity contribution is 5.30. The van der Waals surface area contributed by atoms with Crippen LogP contribution in [-0.2, 0) is 12.0 Å². The summed E-state index contributed by atoms with van der Waals surface area (Å²) < 4.78 is 75.3. The molecule has 106 valence electrons. The van der Waals surface area contributed by atoms with E-state index in [9.17, 15) is 26.3 Å². The molecule has 0 unspecified atom stereocenters. The van der Waals surface area contributed by atoms with Crippen molar-refractivity contribution in [3.63, 3.8) is 0 Å².